The van der Waals surface area contributed by atoms with Gasteiger partial charge in [-0.2, -0.15) is 13.2 Å². The summed E-state index contributed by atoms with van der Waals surface area (Å²) in [6.07, 6.45) is -4.93. The minimum absolute atomic E-state index is 0.0284. The lowest BCUT2D eigenvalue weighted by Gasteiger charge is -2.41. The Morgan fingerprint density at radius 2 is 1.26 bits per heavy atom. The molecule has 1 atom stereocenters. The third-order valence-electron chi connectivity index (χ3n) is 6.35. The molecular weight excluding hydrogens is 537 g/mol. The van der Waals surface area contributed by atoms with Gasteiger partial charge in [0, 0.05) is 16.2 Å². The third-order valence-corrected chi connectivity index (χ3v) is 9.33. The van der Waals surface area contributed by atoms with Crippen LogP contribution in [0, 0.1) is 42.9 Å². The van der Waals surface area contributed by atoms with Crippen molar-refractivity contribution in [1.29, 1.82) is 0 Å². The second-order valence-electron chi connectivity index (χ2n) is 8.90. The van der Waals surface area contributed by atoms with Gasteiger partial charge in [0.1, 0.15) is 5.69 Å². The molecule has 4 aromatic rings. The van der Waals surface area contributed by atoms with Gasteiger partial charge < -0.3 is 0 Å². The molecule has 0 aromatic heterocycles. The van der Waals surface area contributed by atoms with E-state index in [2.05, 4.69) is 0 Å². The number of benzene rings is 4. The maximum absolute atomic E-state index is 15.3. The highest BCUT2D eigenvalue weighted by molar-refractivity contribution is 7.80. The lowest BCUT2D eigenvalue weighted by molar-refractivity contribution is -0.137. The Labute approximate surface area is 211 Å². The molecule has 0 N–H and O–H groups in total. The molecule has 1 aliphatic rings. The Balaban J connectivity index is 2.02. The fourth-order valence-corrected chi connectivity index (χ4v) is 7.82. The molecule has 11 heteroatoms. The number of hydrogen-bond acceptors (Lipinski definition) is 1. The summed E-state index contributed by atoms with van der Waals surface area (Å²) >= 11 is 0. The van der Waals surface area contributed by atoms with E-state index >= 15 is 13.3 Å². The normalized spacial score (nSPS) is 16.8. The first-order valence-electron chi connectivity index (χ1n) is 11.1. The number of aryl methyl sites for hydroxylation is 2. The number of halogens is 8. The smallest absolute Gasteiger partial charge is 0.289 e. The summed E-state index contributed by atoms with van der Waals surface area (Å²) in [5.41, 5.74) is -2.25. The van der Waals surface area contributed by atoms with Gasteiger partial charge in [0.2, 0.25) is 13.1 Å². The molecule has 1 heterocycles. The van der Waals surface area contributed by atoms with Gasteiger partial charge in [-0.25, -0.2) is 22.0 Å². The van der Waals surface area contributed by atoms with Crippen molar-refractivity contribution in [1.82, 2.24) is 0 Å². The summed E-state index contributed by atoms with van der Waals surface area (Å²) in [7, 11) is -4.62. The second-order valence-corrected chi connectivity index (χ2v) is 11.4. The highest BCUT2D eigenvalue weighted by atomic mass is 31.2. The predicted octanol–water partition coefficient (Wildman–Crippen LogP) is 8.07. The number of alkyl halides is 3. The molecule has 1 aliphatic heterocycles. The van der Waals surface area contributed by atoms with Gasteiger partial charge in [-0.15, -0.1) is 0 Å². The highest BCUT2D eigenvalue weighted by Crippen LogP contribution is 2.62. The summed E-state index contributed by atoms with van der Waals surface area (Å²) in [5.74, 6) is -11.7. The minimum Gasteiger partial charge on any atom is -0.289 e. The summed E-state index contributed by atoms with van der Waals surface area (Å²) in [5, 5.41) is -0.101. The van der Waals surface area contributed by atoms with Gasteiger partial charge in [-0.05, 0) is 49.7 Å². The fraction of sp³-hybridized carbons (Fsp3) is 0.111. The third kappa shape index (κ3) is 3.73. The van der Waals surface area contributed by atoms with Crippen molar-refractivity contribution in [2.24, 2.45) is 0 Å². The van der Waals surface area contributed by atoms with Crippen LogP contribution in [0.15, 0.2) is 60.7 Å². The monoisotopic (exact) mass is 553 g/mol. The molecule has 2 nitrogen and oxygen atoms in total. The molecule has 4 aromatic carbocycles. The Morgan fingerprint density at radius 3 is 1.87 bits per heavy atom. The Kier molecular flexibility index (Phi) is 5.95. The largest absolute Gasteiger partial charge is 0.416 e. The molecule has 38 heavy (non-hydrogen) atoms. The van der Waals surface area contributed by atoms with Crippen LogP contribution in [0.1, 0.15) is 16.7 Å². The van der Waals surface area contributed by atoms with Crippen LogP contribution in [-0.4, -0.2) is 0 Å². The van der Waals surface area contributed by atoms with E-state index in [0.29, 0.717) is 21.9 Å². The Morgan fingerprint density at radius 1 is 0.684 bits per heavy atom. The van der Waals surface area contributed by atoms with Crippen LogP contribution >= 0.6 is 7.29 Å². The average molecular weight is 553 g/mol. The zero-order valence-electron chi connectivity index (χ0n) is 19.6. The van der Waals surface area contributed by atoms with Crippen LogP contribution in [0.4, 0.5) is 46.5 Å². The summed E-state index contributed by atoms with van der Waals surface area (Å²) in [4.78, 5) is 0. The van der Waals surface area contributed by atoms with Gasteiger partial charge in [-0.1, -0.05) is 41.5 Å². The van der Waals surface area contributed by atoms with E-state index in [9.17, 15) is 26.3 Å². The molecule has 1 unspecified atom stereocenters. The van der Waals surface area contributed by atoms with Gasteiger partial charge >= 0.3 is 6.18 Å². The van der Waals surface area contributed by atoms with Gasteiger partial charge in [0.15, 0.2) is 23.3 Å². The summed E-state index contributed by atoms with van der Waals surface area (Å²) in [6, 6.07) is 12.6. The minimum atomic E-state index is -4.93. The van der Waals surface area contributed by atoms with Crippen molar-refractivity contribution in [3.8, 4) is 11.1 Å². The second kappa shape index (κ2) is 8.70. The van der Waals surface area contributed by atoms with Gasteiger partial charge in [0.25, 0.3) is 0 Å². The molecular formula is C27H16F8NOP. The molecule has 0 radical (unpaired) electrons. The van der Waals surface area contributed by atoms with E-state index in [4.69, 9.17) is 0 Å². The quantitative estimate of drug-likeness (QED) is 0.108. The highest BCUT2D eigenvalue weighted by Gasteiger charge is 2.47. The van der Waals surface area contributed by atoms with Gasteiger partial charge in [0.05, 0.1) is 11.3 Å². The predicted molar refractivity (Wildman–Crippen MR) is 128 cm³/mol. The summed E-state index contributed by atoms with van der Waals surface area (Å²) < 4.78 is 130. The summed E-state index contributed by atoms with van der Waals surface area (Å²) in [6.45, 7) is 3.25. The van der Waals surface area contributed by atoms with Crippen molar-refractivity contribution < 1.29 is 39.7 Å². The first kappa shape index (κ1) is 26.0. The standard InChI is InChI=1S/C27H16F8NOP/c1-13-4-3-5-16(10-13)38(37)20-11-14(2)6-8-18(20)17-9-7-15(27(33,34)35)12-19(17)36(38)26-24(31)22(29)21(28)23(30)25(26)32/h3-12H,1-2H3. The molecule has 0 bridgehead atoms. The van der Waals surface area contributed by atoms with Crippen molar-refractivity contribution in [2.45, 2.75) is 20.0 Å². The Bertz CT molecular complexity index is 1650. The van der Waals surface area contributed by atoms with E-state index in [1.807, 2.05) is 0 Å². The Hall–Kier alpha value is -3.65. The number of hydrogen-bond donors (Lipinski definition) is 0. The van der Waals surface area contributed by atoms with E-state index in [1.54, 1.807) is 26.0 Å². The number of anilines is 2. The molecule has 0 fully saturated rings. The topological polar surface area (TPSA) is 20.3 Å². The van der Waals surface area contributed by atoms with Crippen LogP contribution < -0.4 is 15.3 Å². The number of rotatable bonds is 2. The molecule has 0 saturated heterocycles. The zero-order chi connectivity index (χ0) is 27.7. The van der Waals surface area contributed by atoms with E-state index in [0.717, 1.165) is 12.1 Å². The molecule has 0 saturated carbocycles. The van der Waals surface area contributed by atoms with Crippen LogP contribution in [-0.2, 0) is 10.7 Å². The number of fused-ring (bicyclic) bond motifs is 3. The van der Waals surface area contributed by atoms with E-state index in [-0.39, 0.29) is 21.7 Å². The van der Waals surface area contributed by atoms with Gasteiger partial charge in [-0.3, -0.25) is 9.24 Å². The van der Waals surface area contributed by atoms with Crippen molar-refractivity contribution in [3.63, 3.8) is 0 Å². The molecule has 5 rings (SSSR count). The molecule has 0 amide bonds. The molecule has 0 spiro atoms. The van der Waals surface area contributed by atoms with E-state index < -0.39 is 59.5 Å². The molecule has 0 aliphatic carbocycles. The SMILES string of the molecule is Cc1cccc(P2(=O)c3cc(C)ccc3-c3ccc(C(F)(F)F)cc3N2c2c(F)c(F)c(F)c(F)c2F)c1. The first-order chi connectivity index (χ1) is 17.8. The lowest BCUT2D eigenvalue weighted by Crippen LogP contribution is -2.35. The average Bonchev–Trinajstić information content (AvgIpc) is 2.87. The van der Waals surface area contributed by atoms with E-state index in [1.165, 1.54) is 30.3 Å². The van der Waals surface area contributed by atoms with Crippen LogP contribution in [0.3, 0.4) is 0 Å². The van der Waals surface area contributed by atoms with Crippen molar-refractivity contribution in [3.05, 3.63) is 106 Å². The fourth-order valence-electron chi connectivity index (χ4n) is 4.60. The molecule has 196 valence electrons. The van der Waals surface area contributed by atoms with Crippen LogP contribution in [0.2, 0.25) is 0 Å². The number of nitrogens with zero attached hydrogens (tertiary/aromatic N) is 1. The first-order valence-corrected chi connectivity index (χ1v) is 12.7. The zero-order valence-corrected chi connectivity index (χ0v) is 20.5. The lowest BCUT2D eigenvalue weighted by atomic mass is 9.99. The van der Waals surface area contributed by atoms with Crippen LogP contribution in [0.5, 0.6) is 0 Å². The maximum atomic E-state index is 15.3. The maximum Gasteiger partial charge on any atom is 0.416 e. The van der Waals surface area contributed by atoms with Crippen molar-refractivity contribution >= 4 is 29.3 Å². The van der Waals surface area contributed by atoms with Crippen LogP contribution in [0.25, 0.3) is 11.1 Å². The van der Waals surface area contributed by atoms with Crippen molar-refractivity contribution in [2.75, 3.05) is 4.67 Å².